The molecule has 0 aromatic heterocycles. The van der Waals surface area contributed by atoms with Crippen LogP contribution in [0.3, 0.4) is 0 Å². The molecule has 0 fully saturated rings. The summed E-state index contributed by atoms with van der Waals surface area (Å²) < 4.78 is 27.2. The Morgan fingerprint density at radius 2 is 1.13 bits per heavy atom. The van der Waals surface area contributed by atoms with Crippen LogP contribution in [0.25, 0.3) is 0 Å². The van der Waals surface area contributed by atoms with Crippen LogP contribution in [0.15, 0.2) is 0 Å². The van der Waals surface area contributed by atoms with Crippen LogP contribution in [0, 0.1) is 5.41 Å². The van der Waals surface area contributed by atoms with Crippen molar-refractivity contribution in [2.24, 2.45) is 5.41 Å². The van der Waals surface area contributed by atoms with Crippen molar-refractivity contribution in [1.29, 1.82) is 0 Å². The van der Waals surface area contributed by atoms with E-state index in [2.05, 4.69) is 34.6 Å². The van der Waals surface area contributed by atoms with E-state index in [4.69, 9.17) is 3.32 Å². The molecule has 0 radical (unpaired) electrons. The summed E-state index contributed by atoms with van der Waals surface area (Å²) >= 11 is -3.56. The van der Waals surface area contributed by atoms with E-state index in [0.29, 0.717) is 0 Å². The van der Waals surface area contributed by atoms with Gasteiger partial charge in [-0.1, -0.05) is 0 Å². The van der Waals surface area contributed by atoms with Gasteiger partial charge in [0.25, 0.3) is 0 Å². The van der Waals surface area contributed by atoms with Crippen molar-refractivity contribution in [2.75, 3.05) is 0 Å². The molecular weight excluding hydrogens is 324 g/mol. The minimum atomic E-state index is -3.56. The van der Waals surface area contributed by atoms with Crippen LogP contribution in [0.5, 0.6) is 0 Å². The van der Waals surface area contributed by atoms with E-state index in [1.807, 2.05) is 0 Å². The standard InChI is InChI=1S/C19H39O.H2O.O.Ti/c1-6-10-14-18(5,20)19(15-11-7-2,16-12-8-3)17-13-9-4;;;/h6-17H2,1-5H3;1H2;;/q-1;;;+2/p-1. The molecule has 4 heteroatoms. The molecule has 23 heavy (non-hydrogen) atoms. The van der Waals surface area contributed by atoms with Gasteiger partial charge in [-0.2, -0.15) is 0 Å². The maximum atomic E-state index is 11.7. The molecule has 0 saturated carbocycles. The van der Waals surface area contributed by atoms with Gasteiger partial charge in [0, 0.05) is 0 Å². The quantitative estimate of drug-likeness (QED) is 0.347. The fraction of sp³-hybridized carbons (Fsp3) is 1.00. The third-order valence-electron chi connectivity index (χ3n) is 5.47. The molecule has 0 aliphatic heterocycles. The average Bonchev–Trinajstić information content (AvgIpc) is 2.51. The SMILES string of the molecule is CCCCC(CCCC)(CCCC)C(C)(CCCC)[O][Ti](=[O])[OH]. The molecule has 0 spiro atoms. The van der Waals surface area contributed by atoms with Gasteiger partial charge in [-0.25, -0.2) is 0 Å². The molecule has 0 amide bonds. The summed E-state index contributed by atoms with van der Waals surface area (Å²) in [6, 6.07) is 0. The number of hydrogen-bond donors (Lipinski definition) is 1. The van der Waals surface area contributed by atoms with E-state index >= 15 is 0 Å². The van der Waals surface area contributed by atoms with Gasteiger partial charge in [0.1, 0.15) is 0 Å². The molecule has 0 aromatic rings. The van der Waals surface area contributed by atoms with E-state index in [0.717, 1.165) is 38.5 Å². The summed E-state index contributed by atoms with van der Waals surface area (Å²) in [6.45, 7) is 11.0. The Kier molecular flexibility index (Phi) is 13.0. The van der Waals surface area contributed by atoms with Crippen molar-refractivity contribution in [2.45, 2.75) is 117 Å². The summed E-state index contributed by atoms with van der Waals surface area (Å²) in [5.41, 5.74) is -0.399. The van der Waals surface area contributed by atoms with Crippen molar-refractivity contribution in [3.05, 3.63) is 0 Å². The molecule has 0 aliphatic carbocycles. The predicted molar refractivity (Wildman–Crippen MR) is 92.9 cm³/mol. The molecule has 0 saturated heterocycles. The van der Waals surface area contributed by atoms with E-state index in [9.17, 15) is 7.01 Å². The van der Waals surface area contributed by atoms with Gasteiger partial charge in [-0.3, -0.25) is 0 Å². The van der Waals surface area contributed by atoms with Crippen molar-refractivity contribution in [1.82, 2.24) is 0 Å². The Labute approximate surface area is 151 Å². The van der Waals surface area contributed by atoms with Gasteiger partial charge < -0.3 is 0 Å². The van der Waals surface area contributed by atoms with Crippen LogP contribution in [0.1, 0.15) is 112 Å². The fourth-order valence-corrected chi connectivity index (χ4v) is 4.94. The Hall–Kier alpha value is 0.434. The van der Waals surface area contributed by atoms with Gasteiger partial charge in [-0.05, 0) is 0 Å². The normalized spacial score (nSPS) is 14.7. The van der Waals surface area contributed by atoms with Crippen molar-refractivity contribution in [3.8, 4) is 0 Å². The van der Waals surface area contributed by atoms with E-state index in [1.54, 1.807) is 0 Å². The van der Waals surface area contributed by atoms with Gasteiger partial charge in [0.2, 0.25) is 0 Å². The van der Waals surface area contributed by atoms with Crippen LogP contribution in [-0.4, -0.2) is 9.29 Å². The summed E-state index contributed by atoms with van der Waals surface area (Å²) in [7, 11) is 0. The predicted octanol–water partition coefficient (Wildman–Crippen LogP) is 6.29. The summed E-state index contributed by atoms with van der Waals surface area (Å²) in [5.74, 6) is 0. The van der Waals surface area contributed by atoms with Crippen LogP contribution >= 0.6 is 0 Å². The molecule has 0 aliphatic rings. The second-order valence-corrected chi connectivity index (χ2v) is 8.44. The van der Waals surface area contributed by atoms with E-state index < -0.39 is 24.2 Å². The van der Waals surface area contributed by atoms with Crippen molar-refractivity contribution in [3.63, 3.8) is 0 Å². The topological polar surface area (TPSA) is 46.5 Å². The Morgan fingerprint density at radius 3 is 1.43 bits per heavy atom. The van der Waals surface area contributed by atoms with Gasteiger partial charge >= 0.3 is 152 Å². The minimum absolute atomic E-state index is 0.0512. The number of hydrogen-bond acceptors (Lipinski definition) is 2. The summed E-state index contributed by atoms with van der Waals surface area (Å²) in [4.78, 5) is 0. The Bertz CT molecular complexity index is 298. The summed E-state index contributed by atoms with van der Waals surface area (Å²) in [5, 5.41) is 0. The third kappa shape index (κ3) is 7.90. The first-order valence-corrected chi connectivity index (χ1v) is 11.8. The molecule has 0 aromatic carbocycles. The molecular formula is C19H40O3Ti. The average molecular weight is 364 g/mol. The Balaban J connectivity index is 5.63. The molecule has 1 unspecified atom stereocenters. The van der Waals surface area contributed by atoms with Gasteiger partial charge in [0.15, 0.2) is 0 Å². The Morgan fingerprint density at radius 1 is 0.783 bits per heavy atom. The first-order chi connectivity index (χ1) is 10.9. The van der Waals surface area contributed by atoms with Crippen molar-refractivity contribution >= 4 is 0 Å². The molecule has 0 bridgehead atoms. The van der Waals surface area contributed by atoms with E-state index in [-0.39, 0.29) is 5.41 Å². The molecule has 0 heterocycles. The van der Waals surface area contributed by atoms with Gasteiger partial charge in [-0.15, -0.1) is 0 Å². The molecule has 1 atom stereocenters. The zero-order valence-electron chi connectivity index (χ0n) is 16.2. The number of rotatable bonds is 15. The maximum absolute atomic E-state index is 11.7. The number of unbranched alkanes of at least 4 members (excludes halogenated alkanes) is 4. The van der Waals surface area contributed by atoms with Gasteiger partial charge in [0.05, 0.1) is 0 Å². The van der Waals surface area contributed by atoms with Crippen molar-refractivity contribution < 1.29 is 28.9 Å². The molecule has 0 rings (SSSR count). The van der Waals surface area contributed by atoms with Crippen LogP contribution < -0.4 is 0 Å². The first-order valence-electron chi connectivity index (χ1n) is 9.83. The second-order valence-electron chi connectivity index (χ2n) is 7.29. The molecule has 3 nitrogen and oxygen atoms in total. The zero-order chi connectivity index (χ0) is 17.8. The fourth-order valence-electron chi connectivity index (χ4n) is 3.85. The van der Waals surface area contributed by atoms with Crippen LogP contribution in [0.2, 0.25) is 0 Å². The monoisotopic (exact) mass is 364 g/mol. The van der Waals surface area contributed by atoms with Crippen LogP contribution in [-0.2, 0) is 25.3 Å². The first kappa shape index (κ1) is 23.4. The van der Waals surface area contributed by atoms with E-state index in [1.165, 1.54) is 38.5 Å². The molecule has 1 N–H and O–H groups in total. The zero-order valence-corrected chi connectivity index (χ0v) is 17.8. The third-order valence-corrected chi connectivity index (χ3v) is 6.44. The molecule has 138 valence electrons. The summed E-state index contributed by atoms with van der Waals surface area (Å²) in [6.07, 6.45) is 13.5. The van der Waals surface area contributed by atoms with Crippen LogP contribution in [0.4, 0.5) is 0 Å². The second kappa shape index (κ2) is 12.7.